The van der Waals surface area contributed by atoms with Crippen LogP contribution >= 0.6 is 0 Å². The number of anilines is 3. The average Bonchev–Trinajstić information content (AvgIpc) is 2.82. The van der Waals surface area contributed by atoms with Crippen molar-refractivity contribution in [1.82, 2.24) is 19.7 Å². The quantitative estimate of drug-likeness (QED) is 0.766. The van der Waals surface area contributed by atoms with Crippen molar-refractivity contribution in [3.05, 3.63) is 59.8 Å². The van der Waals surface area contributed by atoms with Gasteiger partial charge in [-0.3, -0.25) is 0 Å². The van der Waals surface area contributed by atoms with Crippen molar-refractivity contribution in [1.29, 1.82) is 0 Å². The second kappa shape index (κ2) is 5.62. The van der Waals surface area contributed by atoms with E-state index in [2.05, 4.69) is 39.4 Å². The van der Waals surface area contributed by atoms with E-state index in [1.807, 2.05) is 30.3 Å². The van der Waals surface area contributed by atoms with Gasteiger partial charge in [0.15, 0.2) is 0 Å². The van der Waals surface area contributed by atoms with Gasteiger partial charge in [0.05, 0.1) is 6.54 Å². The lowest BCUT2D eigenvalue weighted by Crippen LogP contribution is -2.07. The summed E-state index contributed by atoms with van der Waals surface area (Å²) in [6.45, 7) is 2.66. The minimum absolute atomic E-state index is 0.372. The molecule has 0 atom stereocenters. The predicted octanol–water partition coefficient (Wildman–Crippen LogP) is 2.36. The third-order valence-corrected chi connectivity index (χ3v) is 3.19. The lowest BCUT2D eigenvalue weighted by molar-refractivity contribution is 0.695. The molecule has 2 aromatic heterocycles. The maximum atomic E-state index is 5.92. The second-order valence-electron chi connectivity index (χ2n) is 4.72. The first kappa shape index (κ1) is 13.1. The molecular weight excluding hydrogens is 264 g/mol. The van der Waals surface area contributed by atoms with E-state index >= 15 is 0 Å². The molecule has 1 aromatic carbocycles. The average molecular weight is 280 g/mol. The van der Waals surface area contributed by atoms with Crippen LogP contribution in [0.4, 0.5) is 17.7 Å². The van der Waals surface area contributed by atoms with E-state index in [1.165, 1.54) is 11.1 Å². The molecular formula is C15H16N6. The minimum atomic E-state index is 0.372. The molecule has 0 aliphatic heterocycles. The number of nitrogens with zero attached hydrogens (tertiary/aromatic N) is 4. The molecule has 0 saturated heterocycles. The van der Waals surface area contributed by atoms with E-state index in [0.29, 0.717) is 24.3 Å². The molecule has 21 heavy (non-hydrogen) atoms. The number of nitrogen functional groups attached to an aromatic ring is 1. The molecule has 3 aromatic rings. The SMILES string of the molecule is Cc1ccccc1Cn1nc(Nc2ccccn2)nc1N. The van der Waals surface area contributed by atoms with Crippen LogP contribution in [0.1, 0.15) is 11.1 Å². The number of aryl methyl sites for hydroxylation is 1. The van der Waals surface area contributed by atoms with Crippen LogP contribution in [-0.4, -0.2) is 19.7 Å². The third kappa shape index (κ3) is 3.00. The van der Waals surface area contributed by atoms with Crippen molar-refractivity contribution >= 4 is 17.7 Å². The number of nitrogens with two attached hydrogens (primary N) is 1. The van der Waals surface area contributed by atoms with Crippen LogP contribution in [-0.2, 0) is 6.54 Å². The Labute approximate surface area is 122 Å². The number of benzene rings is 1. The predicted molar refractivity (Wildman–Crippen MR) is 82.2 cm³/mol. The standard InChI is InChI=1S/C15H16N6/c1-11-6-2-3-7-12(11)10-21-14(16)19-15(20-21)18-13-8-4-5-9-17-13/h2-9H,10H2,1H3,(H3,16,17,18,19,20). The van der Waals surface area contributed by atoms with Gasteiger partial charge in [-0.1, -0.05) is 30.3 Å². The lowest BCUT2D eigenvalue weighted by Gasteiger charge is -2.05. The molecule has 3 N–H and O–H groups in total. The van der Waals surface area contributed by atoms with E-state index in [9.17, 15) is 0 Å². The van der Waals surface area contributed by atoms with Gasteiger partial charge in [0.2, 0.25) is 11.9 Å². The molecule has 0 aliphatic rings. The van der Waals surface area contributed by atoms with Gasteiger partial charge in [0.25, 0.3) is 0 Å². The third-order valence-electron chi connectivity index (χ3n) is 3.19. The normalized spacial score (nSPS) is 10.5. The highest BCUT2D eigenvalue weighted by atomic mass is 15.4. The molecule has 0 aliphatic carbocycles. The van der Waals surface area contributed by atoms with Crippen LogP contribution in [0.25, 0.3) is 0 Å². The number of aromatic nitrogens is 4. The Bertz CT molecular complexity index is 735. The monoisotopic (exact) mass is 280 g/mol. The van der Waals surface area contributed by atoms with Gasteiger partial charge in [-0.25, -0.2) is 9.67 Å². The largest absolute Gasteiger partial charge is 0.368 e. The highest BCUT2D eigenvalue weighted by Crippen LogP contribution is 2.14. The maximum absolute atomic E-state index is 5.92. The van der Waals surface area contributed by atoms with E-state index < -0.39 is 0 Å². The Balaban J connectivity index is 1.80. The molecule has 6 heteroatoms. The highest BCUT2D eigenvalue weighted by Gasteiger charge is 2.09. The topological polar surface area (TPSA) is 81.7 Å². The number of rotatable bonds is 4. The summed E-state index contributed by atoms with van der Waals surface area (Å²) in [6, 6.07) is 13.7. The molecule has 3 rings (SSSR count). The van der Waals surface area contributed by atoms with Gasteiger partial charge < -0.3 is 11.1 Å². The Hall–Kier alpha value is -2.89. The van der Waals surface area contributed by atoms with Gasteiger partial charge >= 0.3 is 0 Å². The van der Waals surface area contributed by atoms with Crippen molar-refractivity contribution in [2.24, 2.45) is 0 Å². The molecule has 0 unspecified atom stereocenters. The molecule has 0 amide bonds. The highest BCUT2D eigenvalue weighted by molar-refractivity contribution is 5.48. The summed E-state index contributed by atoms with van der Waals surface area (Å²) in [4.78, 5) is 8.38. The zero-order chi connectivity index (χ0) is 14.7. The molecule has 0 saturated carbocycles. The Morgan fingerprint density at radius 2 is 1.95 bits per heavy atom. The van der Waals surface area contributed by atoms with E-state index in [-0.39, 0.29) is 0 Å². The molecule has 2 heterocycles. The fourth-order valence-electron chi connectivity index (χ4n) is 2.02. The summed E-state index contributed by atoms with van der Waals surface area (Å²) in [5.74, 6) is 1.50. The van der Waals surface area contributed by atoms with E-state index in [0.717, 1.165) is 0 Å². The Morgan fingerprint density at radius 1 is 1.14 bits per heavy atom. The lowest BCUT2D eigenvalue weighted by atomic mass is 10.1. The van der Waals surface area contributed by atoms with Crippen molar-refractivity contribution in [2.45, 2.75) is 13.5 Å². The summed E-state index contributed by atoms with van der Waals surface area (Å²) in [6.07, 6.45) is 1.70. The van der Waals surface area contributed by atoms with Gasteiger partial charge in [-0.15, -0.1) is 5.10 Å². The number of nitrogens with one attached hydrogen (secondary N) is 1. The maximum Gasteiger partial charge on any atom is 0.249 e. The first-order valence-corrected chi connectivity index (χ1v) is 6.65. The fourth-order valence-corrected chi connectivity index (χ4v) is 2.02. The summed E-state index contributed by atoms with van der Waals surface area (Å²) < 4.78 is 1.67. The molecule has 6 nitrogen and oxygen atoms in total. The summed E-state index contributed by atoms with van der Waals surface area (Å²) in [7, 11) is 0. The van der Waals surface area contributed by atoms with Crippen molar-refractivity contribution in [2.75, 3.05) is 11.1 Å². The molecule has 106 valence electrons. The zero-order valence-electron chi connectivity index (χ0n) is 11.7. The number of hydrogen-bond acceptors (Lipinski definition) is 5. The Morgan fingerprint density at radius 3 is 2.71 bits per heavy atom. The first-order chi connectivity index (χ1) is 10.2. The van der Waals surface area contributed by atoms with Crippen molar-refractivity contribution in [3.63, 3.8) is 0 Å². The van der Waals surface area contributed by atoms with Crippen LogP contribution < -0.4 is 11.1 Å². The van der Waals surface area contributed by atoms with Crippen molar-refractivity contribution < 1.29 is 0 Å². The smallest absolute Gasteiger partial charge is 0.249 e. The summed E-state index contributed by atoms with van der Waals surface area (Å²) in [5.41, 5.74) is 8.29. The van der Waals surface area contributed by atoms with Crippen molar-refractivity contribution in [3.8, 4) is 0 Å². The van der Waals surface area contributed by atoms with Crippen LogP contribution in [0.15, 0.2) is 48.7 Å². The van der Waals surface area contributed by atoms with Gasteiger partial charge in [-0.05, 0) is 30.2 Å². The first-order valence-electron chi connectivity index (χ1n) is 6.65. The Kier molecular flexibility index (Phi) is 3.51. The van der Waals surface area contributed by atoms with Crippen LogP contribution in [0.2, 0.25) is 0 Å². The van der Waals surface area contributed by atoms with Gasteiger partial charge in [0, 0.05) is 6.20 Å². The summed E-state index contributed by atoms with van der Waals surface area (Å²) in [5, 5.41) is 7.40. The fraction of sp³-hybridized carbons (Fsp3) is 0.133. The van der Waals surface area contributed by atoms with E-state index in [1.54, 1.807) is 10.9 Å². The number of pyridine rings is 1. The molecule has 0 radical (unpaired) electrons. The zero-order valence-corrected chi connectivity index (χ0v) is 11.7. The van der Waals surface area contributed by atoms with Gasteiger partial charge in [0.1, 0.15) is 5.82 Å². The molecule has 0 spiro atoms. The summed E-state index contributed by atoms with van der Waals surface area (Å²) >= 11 is 0. The van der Waals surface area contributed by atoms with Crippen LogP contribution in [0, 0.1) is 6.92 Å². The second-order valence-corrected chi connectivity index (χ2v) is 4.72. The minimum Gasteiger partial charge on any atom is -0.368 e. The molecule has 0 fully saturated rings. The molecule has 0 bridgehead atoms. The van der Waals surface area contributed by atoms with E-state index in [4.69, 9.17) is 5.73 Å². The van der Waals surface area contributed by atoms with Crippen LogP contribution in [0.3, 0.4) is 0 Å². The van der Waals surface area contributed by atoms with Crippen LogP contribution in [0.5, 0.6) is 0 Å². The van der Waals surface area contributed by atoms with Gasteiger partial charge in [-0.2, -0.15) is 4.98 Å². The number of hydrogen-bond donors (Lipinski definition) is 2.